The van der Waals surface area contributed by atoms with E-state index in [9.17, 15) is 9.59 Å². The second-order valence-electron chi connectivity index (χ2n) is 6.49. The zero-order valence-electron chi connectivity index (χ0n) is 15.5. The highest BCUT2D eigenvalue weighted by Crippen LogP contribution is 2.25. The summed E-state index contributed by atoms with van der Waals surface area (Å²) in [4.78, 5) is 23.2. The lowest BCUT2D eigenvalue weighted by molar-refractivity contribution is -0.119. The topological polar surface area (TPSA) is 70.2 Å². The van der Waals surface area contributed by atoms with Gasteiger partial charge in [-0.3, -0.25) is 10.1 Å². The molecular weight excluding hydrogens is 302 g/mol. The molecule has 0 unspecified atom stereocenters. The Labute approximate surface area is 145 Å². The molecule has 24 heavy (non-hydrogen) atoms. The molecule has 134 valence electrons. The van der Waals surface area contributed by atoms with Gasteiger partial charge in [-0.05, 0) is 36.3 Å². The van der Waals surface area contributed by atoms with Crippen molar-refractivity contribution in [3.05, 3.63) is 35.4 Å². The molecule has 1 rings (SSSR count). The summed E-state index contributed by atoms with van der Waals surface area (Å²) in [5.41, 5.74) is 2.49. The number of amides is 3. The van der Waals surface area contributed by atoms with E-state index < -0.39 is 6.03 Å². The molecule has 0 radical (unpaired) electrons. The van der Waals surface area contributed by atoms with Crippen molar-refractivity contribution in [3.8, 4) is 0 Å². The van der Waals surface area contributed by atoms with Gasteiger partial charge in [0, 0.05) is 12.6 Å². The molecule has 3 amide bonds. The van der Waals surface area contributed by atoms with Crippen LogP contribution >= 0.6 is 0 Å². The molecular formula is C19H31N3O2. The van der Waals surface area contributed by atoms with E-state index in [1.807, 2.05) is 0 Å². The highest BCUT2D eigenvalue weighted by molar-refractivity contribution is 5.95. The van der Waals surface area contributed by atoms with Crippen LogP contribution in [0.2, 0.25) is 0 Å². The lowest BCUT2D eigenvalue weighted by atomic mass is 9.92. The molecule has 0 heterocycles. The average molecular weight is 333 g/mol. The summed E-state index contributed by atoms with van der Waals surface area (Å²) in [5.74, 6) is 0.548. The van der Waals surface area contributed by atoms with Crippen LogP contribution in [0.5, 0.6) is 0 Å². The van der Waals surface area contributed by atoms with Crippen molar-refractivity contribution >= 4 is 11.9 Å². The number of carbonyl (C=O) groups excluding carboxylic acids is 2. The van der Waals surface area contributed by atoms with E-state index in [1.165, 1.54) is 5.56 Å². The largest absolute Gasteiger partial charge is 0.338 e. The quantitative estimate of drug-likeness (QED) is 0.683. The first-order chi connectivity index (χ1) is 11.4. The van der Waals surface area contributed by atoms with E-state index in [2.05, 4.69) is 67.9 Å². The molecule has 0 saturated carbocycles. The molecule has 0 aliphatic rings. The molecule has 1 aromatic rings. The molecule has 0 saturated heterocycles. The van der Waals surface area contributed by atoms with Gasteiger partial charge in [0.1, 0.15) is 0 Å². The average Bonchev–Trinajstić information content (AvgIpc) is 2.54. The van der Waals surface area contributed by atoms with Gasteiger partial charge in [0.25, 0.3) is 0 Å². The summed E-state index contributed by atoms with van der Waals surface area (Å²) >= 11 is 0. The number of benzene rings is 1. The molecule has 3 N–H and O–H groups in total. The highest BCUT2D eigenvalue weighted by Gasteiger charge is 2.17. The minimum Gasteiger partial charge on any atom is -0.338 e. The van der Waals surface area contributed by atoms with E-state index in [0.717, 1.165) is 12.0 Å². The fourth-order valence-electron chi connectivity index (χ4n) is 2.58. The monoisotopic (exact) mass is 333 g/mol. The van der Waals surface area contributed by atoms with E-state index in [1.54, 1.807) is 6.92 Å². The molecule has 0 spiro atoms. The molecule has 1 aromatic carbocycles. The van der Waals surface area contributed by atoms with E-state index in [-0.39, 0.29) is 18.5 Å². The van der Waals surface area contributed by atoms with Crippen LogP contribution in [0.4, 0.5) is 4.79 Å². The minimum atomic E-state index is -0.455. The van der Waals surface area contributed by atoms with Crippen LogP contribution in [0.25, 0.3) is 0 Å². The van der Waals surface area contributed by atoms with Gasteiger partial charge in [-0.2, -0.15) is 0 Å². The van der Waals surface area contributed by atoms with Gasteiger partial charge in [0.2, 0.25) is 5.91 Å². The maximum atomic E-state index is 11.8. The van der Waals surface area contributed by atoms with Gasteiger partial charge >= 0.3 is 6.03 Å². The molecule has 5 heteroatoms. The third-order valence-electron chi connectivity index (χ3n) is 4.22. The number of carbonyl (C=O) groups is 2. The predicted octanol–water partition coefficient (Wildman–Crippen LogP) is 3.33. The van der Waals surface area contributed by atoms with Gasteiger partial charge in [-0.25, -0.2) is 4.79 Å². The zero-order valence-corrected chi connectivity index (χ0v) is 15.5. The van der Waals surface area contributed by atoms with Gasteiger partial charge in [-0.1, -0.05) is 52.0 Å². The molecule has 0 aliphatic carbocycles. The molecule has 0 aliphatic heterocycles. The van der Waals surface area contributed by atoms with Crippen molar-refractivity contribution in [1.82, 2.24) is 16.0 Å². The first-order valence-corrected chi connectivity index (χ1v) is 8.79. The third kappa shape index (κ3) is 6.32. The highest BCUT2D eigenvalue weighted by atomic mass is 16.2. The van der Waals surface area contributed by atoms with Crippen LogP contribution in [-0.4, -0.2) is 25.0 Å². The van der Waals surface area contributed by atoms with Gasteiger partial charge < -0.3 is 10.6 Å². The summed E-state index contributed by atoms with van der Waals surface area (Å²) in [7, 11) is 0. The van der Waals surface area contributed by atoms with Crippen molar-refractivity contribution in [2.45, 2.75) is 53.0 Å². The second kappa shape index (κ2) is 10.1. The number of hydrogen-bond acceptors (Lipinski definition) is 3. The molecule has 0 fully saturated rings. The zero-order chi connectivity index (χ0) is 18.1. The van der Waals surface area contributed by atoms with Gasteiger partial charge in [0.05, 0.1) is 6.54 Å². The van der Waals surface area contributed by atoms with Crippen molar-refractivity contribution in [2.24, 2.45) is 5.92 Å². The number of imide groups is 1. The van der Waals surface area contributed by atoms with Crippen LogP contribution in [0.3, 0.4) is 0 Å². The van der Waals surface area contributed by atoms with Crippen molar-refractivity contribution in [3.63, 3.8) is 0 Å². The normalized spacial score (nSPS) is 13.4. The summed E-state index contributed by atoms with van der Waals surface area (Å²) in [6.07, 6.45) is 1.12. The lowest BCUT2D eigenvalue weighted by Crippen LogP contribution is -2.44. The van der Waals surface area contributed by atoms with Gasteiger partial charge in [0.15, 0.2) is 0 Å². The lowest BCUT2D eigenvalue weighted by Gasteiger charge is -2.23. The Balaban J connectivity index is 2.67. The Morgan fingerprint density at radius 3 is 2.08 bits per heavy atom. The van der Waals surface area contributed by atoms with E-state index in [0.29, 0.717) is 18.4 Å². The van der Waals surface area contributed by atoms with Crippen molar-refractivity contribution < 1.29 is 9.59 Å². The Hall–Kier alpha value is -1.88. The van der Waals surface area contributed by atoms with Gasteiger partial charge in [-0.15, -0.1) is 0 Å². The fourth-order valence-corrected chi connectivity index (χ4v) is 2.58. The predicted molar refractivity (Wildman–Crippen MR) is 97.9 cm³/mol. The molecule has 2 atom stereocenters. The summed E-state index contributed by atoms with van der Waals surface area (Å²) in [5, 5.41) is 8.10. The standard InChI is InChI=1S/C19H31N3O2/c1-6-14(5)15-8-10-16(11-9-15)18(13(3)4)21-12-17(23)22-19(24)20-7-2/h8-11,13-14,18,21H,6-7,12H2,1-5H3,(H2,20,22,23,24)/t14-,18-/m0/s1. The first kappa shape index (κ1) is 20.2. The SMILES string of the molecule is CCNC(=O)NC(=O)CN[C@H](c1ccc([C@@H](C)CC)cc1)C(C)C. The van der Waals surface area contributed by atoms with Crippen LogP contribution in [-0.2, 0) is 4.79 Å². The number of rotatable bonds is 8. The Bertz CT molecular complexity index is 526. The van der Waals surface area contributed by atoms with Crippen molar-refractivity contribution in [1.29, 1.82) is 0 Å². The number of hydrogen-bond donors (Lipinski definition) is 3. The van der Waals surface area contributed by atoms with Crippen LogP contribution in [0, 0.1) is 5.92 Å². The summed E-state index contributed by atoms with van der Waals surface area (Å²) < 4.78 is 0. The Morgan fingerprint density at radius 2 is 1.58 bits per heavy atom. The van der Waals surface area contributed by atoms with E-state index >= 15 is 0 Å². The molecule has 5 nitrogen and oxygen atoms in total. The Kier molecular flexibility index (Phi) is 8.47. The maximum Gasteiger partial charge on any atom is 0.321 e. The van der Waals surface area contributed by atoms with E-state index in [4.69, 9.17) is 0 Å². The molecule has 0 bridgehead atoms. The fraction of sp³-hybridized carbons (Fsp3) is 0.579. The number of urea groups is 1. The maximum absolute atomic E-state index is 11.8. The molecule has 0 aromatic heterocycles. The number of nitrogens with one attached hydrogen (secondary N) is 3. The van der Waals surface area contributed by atoms with Crippen LogP contribution < -0.4 is 16.0 Å². The summed E-state index contributed by atoms with van der Waals surface area (Å²) in [6.45, 7) is 11.0. The first-order valence-electron chi connectivity index (χ1n) is 8.79. The van der Waals surface area contributed by atoms with Crippen LogP contribution in [0.1, 0.15) is 64.1 Å². The minimum absolute atomic E-state index is 0.0657. The Morgan fingerprint density at radius 1 is 1.00 bits per heavy atom. The van der Waals surface area contributed by atoms with Crippen LogP contribution in [0.15, 0.2) is 24.3 Å². The third-order valence-corrected chi connectivity index (χ3v) is 4.22. The summed E-state index contributed by atoms with van der Waals surface area (Å²) in [6, 6.07) is 8.19. The second-order valence-corrected chi connectivity index (χ2v) is 6.49. The smallest absolute Gasteiger partial charge is 0.321 e. The van der Waals surface area contributed by atoms with Crippen molar-refractivity contribution in [2.75, 3.05) is 13.1 Å².